The Balaban J connectivity index is 1.96. The standard InChI is InChI=1S/C17H16B3ClFNO5S/c18-16(10-6-11(21)8-12(22)7-10)14(24)13(15(23)27-16)28-29(25,26)17(19,20)9-4-2-1-3-5-9/h1-8H,18-20,23H2. The number of hydrogen-bond acceptors (Lipinski definition) is 6. The summed E-state index contributed by atoms with van der Waals surface area (Å²) >= 11 is 5.87. The SMILES string of the molecule is BC1(c2cc(F)cc(Cl)c2)OC(N)=C(OS(=O)(=O)C(B)(B)c2ccccc2)C1=O. The molecule has 0 amide bonds. The molecule has 0 spiro atoms. The fraction of sp³-hybridized carbons (Fsp3) is 0.118. The molecule has 148 valence electrons. The molecule has 3 rings (SSSR count). The monoisotopic (exact) mass is 433 g/mol. The van der Waals surface area contributed by atoms with E-state index in [-0.39, 0.29) is 10.6 Å². The van der Waals surface area contributed by atoms with Crippen LogP contribution in [0.2, 0.25) is 5.02 Å². The van der Waals surface area contributed by atoms with Crippen molar-refractivity contribution in [3.05, 3.63) is 82.1 Å². The molecule has 1 unspecified atom stereocenters. The Labute approximate surface area is 175 Å². The molecule has 2 aromatic carbocycles. The smallest absolute Gasteiger partial charge is 0.304 e. The molecule has 1 heterocycles. The van der Waals surface area contributed by atoms with E-state index in [1.54, 1.807) is 30.3 Å². The fourth-order valence-electron chi connectivity index (χ4n) is 2.94. The average molecular weight is 433 g/mol. The largest absolute Gasteiger partial charge is 0.467 e. The Bertz CT molecular complexity index is 1110. The molecule has 0 saturated heterocycles. The van der Waals surface area contributed by atoms with Gasteiger partial charge in [0.15, 0.2) is 13.3 Å². The summed E-state index contributed by atoms with van der Waals surface area (Å²) in [5, 5.41) is 0.0448. The summed E-state index contributed by atoms with van der Waals surface area (Å²) in [7, 11) is -0.128. The average Bonchev–Trinajstić information content (AvgIpc) is 2.85. The van der Waals surface area contributed by atoms with Gasteiger partial charge in [-0.05, 0) is 29.3 Å². The number of benzene rings is 2. The van der Waals surface area contributed by atoms with Crippen LogP contribution in [0.25, 0.3) is 0 Å². The number of halogens is 2. The summed E-state index contributed by atoms with van der Waals surface area (Å²) in [5.74, 6) is -2.71. The lowest BCUT2D eigenvalue weighted by Gasteiger charge is -2.26. The second-order valence-corrected chi connectivity index (χ2v) is 9.76. The minimum absolute atomic E-state index is 0.0448. The molecule has 0 aromatic heterocycles. The number of rotatable bonds is 5. The highest BCUT2D eigenvalue weighted by atomic mass is 35.5. The first kappa shape index (κ1) is 21.3. The van der Waals surface area contributed by atoms with Gasteiger partial charge in [0.1, 0.15) is 21.5 Å². The maximum Gasteiger partial charge on any atom is 0.304 e. The molecular formula is C17H16B3ClFNO5S. The summed E-state index contributed by atoms with van der Waals surface area (Å²) in [6.45, 7) is 0. The molecule has 0 bridgehead atoms. The van der Waals surface area contributed by atoms with Crippen LogP contribution in [0.1, 0.15) is 11.1 Å². The Hall–Kier alpha value is -2.39. The number of Topliss-reactive ketones (excluding diaryl/α,β-unsaturated/α-hetero) is 1. The van der Waals surface area contributed by atoms with E-state index in [0.717, 1.165) is 12.1 Å². The molecule has 0 radical (unpaired) electrons. The molecule has 1 atom stereocenters. The van der Waals surface area contributed by atoms with Crippen molar-refractivity contribution in [2.75, 3.05) is 0 Å². The van der Waals surface area contributed by atoms with E-state index in [0.29, 0.717) is 5.56 Å². The van der Waals surface area contributed by atoms with Crippen LogP contribution in [0.4, 0.5) is 4.39 Å². The zero-order valence-electron chi connectivity index (χ0n) is 15.9. The first-order chi connectivity index (χ1) is 13.4. The molecule has 0 saturated carbocycles. The predicted molar refractivity (Wildman–Crippen MR) is 114 cm³/mol. The highest BCUT2D eigenvalue weighted by molar-refractivity contribution is 7.90. The van der Waals surface area contributed by atoms with Gasteiger partial charge in [-0.2, -0.15) is 8.42 Å². The third-order valence-electron chi connectivity index (χ3n) is 4.88. The van der Waals surface area contributed by atoms with E-state index in [1.807, 2.05) is 0 Å². The third kappa shape index (κ3) is 3.64. The van der Waals surface area contributed by atoms with Crippen molar-refractivity contribution in [2.45, 2.75) is 10.0 Å². The Morgan fingerprint density at radius 1 is 1.17 bits per heavy atom. The molecule has 1 aliphatic heterocycles. The van der Waals surface area contributed by atoms with E-state index in [1.165, 1.54) is 29.6 Å². The number of hydrogen-bond donors (Lipinski definition) is 1. The lowest BCUT2D eigenvalue weighted by atomic mass is 9.65. The summed E-state index contributed by atoms with van der Waals surface area (Å²) in [6, 6.07) is 11.8. The first-order valence-electron chi connectivity index (χ1n) is 8.58. The Morgan fingerprint density at radius 2 is 1.79 bits per heavy atom. The van der Waals surface area contributed by atoms with Gasteiger partial charge in [0.25, 0.3) is 0 Å². The van der Waals surface area contributed by atoms with Crippen molar-refractivity contribution < 1.29 is 26.5 Å². The first-order valence-corrected chi connectivity index (χ1v) is 10.4. The van der Waals surface area contributed by atoms with Crippen molar-refractivity contribution in [3.63, 3.8) is 0 Å². The van der Waals surface area contributed by atoms with E-state index in [4.69, 9.17) is 26.3 Å². The van der Waals surface area contributed by atoms with Gasteiger partial charge in [-0.25, -0.2) is 4.39 Å². The van der Waals surface area contributed by atoms with Gasteiger partial charge >= 0.3 is 10.1 Å². The van der Waals surface area contributed by atoms with E-state index in [9.17, 15) is 17.6 Å². The summed E-state index contributed by atoms with van der Waals surface area (Å²) in [5.41, 5.74) is 4.53. The second-order valence-electron chi connectivity index (χ2n) is 7.23. The molecule has 29 heavy (non-hydrogen) atoms. The molecule has 1 aliphatic rings. The number of carbonyl (C=O) groups is 1. The Morgan fingerprint density at radius 3 is 2.38 bits per heavy atom. The lowest BCUT2D eigenvalue weighted by molar-refractivity contribution is -0.126. The zero-order chi connectivity index (χ0) is 21.6. The molecule has 6 nitrogen and oxygen atoms in total. The van der Waals surface area contributed by atoms with E-state index >= 15 is 0 Å². The summed E-state index contributed by atoms with van der Waals surface area (Å²) in [6.07, 6.45) is 0. The minimum Gasteiger partial charge on any atom is -0.467 e. The topological polar surface area (TPSA) is 95.7 Å². The van der Waals surface area contributed by atoms with Gasteiger partial charge < -0.3 is 14.7 Å². The van der Waals surface area contributed by atoms with Crippen molar-refractivity contribution in [1.29, 1.82) is 0 Å². The summed E-state index contributed by atoms with van der Waals surface area (Å²) in [4.78, 5) is 13.0. The lowest BCUT2D eigenvalue weighted by Crippen LogP contribution is -2.40. The molecular weight excluding hydrogens is 417 g/mol. The molecule has 0 fully saturated rings. The minimum atomic E-state index is -4.35. The van der Waals surface area contributed by atoms with Gasteiger partial charge in [0.05, 0.1) is 4.55 Å². The highest BCUT2D eigenvalue weighted by Gasteiger charge is 2.51. The van der Waals surface area contributed by atoms with E-state index in [2.05, 4.69) is 0 Å². The second kappa shape index (κ2) is 7.14. The number of nitrogens with two attached hydrogens (primary N) is 1. The number of ether oxygens (including phenoxy) is 1. The van der Waals surface area contributed by atoms with Gasteiger partial charge in [-0.15, -0.1) is 0 Å². The van der Waals surface area contributed by atoms with Crippen LogP contribution in [-0.2, 0) is 33.9 Å². The molecule has 2 aromatic rings. The van der Waals surface area contributed by atoms with Crippen LogP contribution in [0, 0.1) is 5.82 Å². The molecule has 2 N–H and O–H groups in total. The van der Waals surface area contributed by atoms with Crippen LogP contribution >= 0.6 is 11.6 Å². The van der Waals surface area contributed by atoms with Crippen molar-refractivity contribution >= 4 is 51.0 Å². The Kier molecular flexibility index (Phi) is 5.25. The van der Waals surface area contributed by atoms with Crippen molar-refractivity contribution in [1.82, 2.24) is 0 Å². The van der Waals surface area contributed by atoms with Crippen LogP contribution in [0.15, 0.2) is 60.2 Å². The maximum atomic E-state index is 13.8. The van der Waals surface area contributed by atoms with Gasteiger partial charge in [-0.1, -0.05) is 41.9 Å². The van der Waals surface area contributed by atoms with Gasteiger partial charge in [0.2, 0.25) is 17.4 Å². The zero-order valence-corrected chi connectivity index (χ0v) is 17.5. The third-order valence-corrected chi connectivity index (χ3v) is 6.97. The maximum absolute atomic E-state index is 13.8. The fourth-order valence-corrected chi connectivity index (χ4v) is 4.17. The van der Waals surface area contributed by atoms with Crippen LogP contribution in [-0.4, -0.2) is 37.7 Å². The van der Waals surface area contributed by atoms with Crippen LogP contribution < -0.4 is 5.73 Å². The van der Waals surface area contributed by atoms with Crippen LogP contribution in [0.5, 0.6) is 0 Å². The van der Waals surface area contributed by atoms with Gasteiger partial charge in [0, 0.05) is 5.02 Å². The van der Waals surface area contributed by atoms with Gasteiger partial charge in [-0.3, -0.25) is 4.79 Å². The number of carbonyl (C=O) groups excluding carboxylic acids is 1. The quantitative estimate of drug-likeness (QED) is 0.501. The highest BCUT2D eigenvalue weighted by Crippen LogP contribution is 2.38. The molecule has 12 heteroatoms. The normalized spacial score (nSPS) is 19.9. The summed E-state index contributed by atoms with van der Waals surface area (Å²) < 4.78 is 48.8. The predicted octanol–water partition coefficient (Wildman–Crippen LogP) is -0.585. The van der Waals surface area contributed by atoms with Crippen molar-refractivity contribution in [2.24, 2.45) is 5.73 Å². The van der Waals surface area contributed by atoms with Crippen molar-refractivity contribution in [3.8, 4) is 0 Å². The van der Waals surface area contributed by atoms with Crippen LogP contribution in [0.3, 0.4) is 0 Å². The van der Waals surface area contributed by atoms with E-state index < -0.39 is 43.4 Å². The molecule has 0 aliphatic carbocycles. The number of ketones is 1.